The zero-order valence-electron chi connectivity index (χ0n) is 10.3. The van der Waals surface area contributed by atoms with Crippen LogP contribution in [0.25, 0.3) is 0 Å². The molecule has 4 heteroatoms. The summed E-state index contributed by atoms with van der Waals surface area (Å²) in [7, 11) is 3.26. The van der Waals surface area contributed by atoms with Crippen molar-refractivity contribution in [3.63, 3.8) is 0 Å². The normalized spacial score (nSPS) is 9.94. The van der Waals surface area contributed by atoms with Crippen molar-refractivity contribution in [2.45, 2.75) is 6.42 Å². The average molecular weight is 234 g/mol. The van der Waals surface area contributed by atoms with Crippen LogP contribution < -0.4 is 10.1 Å². The van der Waals surface area contributed by atoms with Crippen molar-refractivity contribution in [2.75, 3.05) is 33.9 Å². The van der Waals surface area contributed by atoms with Gasteiger partial charge in [0.25, 0.3) is 0 Å². The van der Waals surface area contributed by atoms with E-state index < -0.39 is 0 Å². The lowest BCUT2D eigenvalue weighted by Crippen LogP contribution is -2.21. The van der Waals surface area contributed by atoms with E-state index in [2.05, 4.69) is 11.4 Å². The van der Waals surface area contributed by atoms with Crippen LogP contribution in [0.3, 0.4) is 0 Å². The fourth-order valence-electron chi connectivity index (χ4n) is 1.53. The third-order valence-electron chi connectivity index (χ3n) is 2.46. The molecule has 0 aliphatic rings. The lowest BCUT2D eigenvalue weighted by Gasteiger charge is -2.07. The highest BCUT2D eigenvalue weighted by Crippen LogP contribution is 2.18. The Morgan fingerprint density at radius 3 is 2.76 bits per heavy atom. The van der Waals surface area contributed by atoms with E-state index in [4.69, 9.17) is 14.7 Å². The van der Waals surface area contributed by atoms with Gasteiger partial charge in [-0.25, -0.2) is 0 Å². The lowest BCUT2D eigenvalue weighted by atomic mass is 10.1. The number of ether oxygens (including phenoxy) is 2. The molecule has 0 bridgehead atoms. The van der Waals surface area contributed by atoms with E-state index in [-0.39, 0.29) is 0 Å². The minimum absolute atomic E-state index is 0.585. The van der Waals surface area contributed by atoms with Crippen LogP contribution in [-0.4, -0.2) is 33.9 Å². The zero-order chi connectivity index (χ0) is 12.5. The largest absolute Gasteiger partial charge is 0.495 e. The van der Waals surface area contributed by atoms with Crippen molar-refractivity contribution < 1.29 is 9.47 Å². The lowest BCUT2D eigenvalue weighted by molar-refractivity contribution is 0.199. The molecule has 0 unspecified atom stereocenters. The van der Waals surface area contributed by atoms with E-state index in [1.165, 1.54) is 0 Å². The molecule has 0 saturated carbocycles. The van der Waals surface area contributed by atoms with Crippen LogP contribution in [0.1, 0.15) is 11.1 Å². The Hall–Kier alpha value is -1.57. The first kappa shape index (κ1) is 13.5. The summed E-state index contributed by atoms with van der Waals surface area (Å²) in [5, 5.41) is 12.2. The first-order valence-electron chi connectivity index (χ1n) is 5.58. The molecular formula is C13H18N2O2. The topological polar surface area (TPSA) is 54.3 Å². The SMILES string of the molecule is COCCNCCc1ccc(OC)c(C#N)c1. The molecule has 0 aliphatic carbocycles. The minimum atomic E-state index is 0.585. The second-order valence-electron chi connectivity index (χ2n) is 3.64. The standard InChI is InChI=1S/C13H18N2O2/c1-16-8-7-15-6-5-11-3-4-13(17-2)12(9-11)10-14/h3-4,9,15H,5-8H2,1-2H3. The third-order valence-corrected chi connectivity index (χ3v) is 2.46. The van der Waals surface area contributed by atoms with Crippen molar-refractivity contribution in [1.29, 1.82) is 5.26 Å². The molecule has 4 nitrogen and oxygen atoms in total. The quantitative estimate of drug-likeness (QED) is 0.723. The summed E-state index contributed by atoms with van der Waals surface area (Å²) in [5.41, 5.74) is 1.72. The van der Waals surface area contributed by atoms with Gasteiger partial charge in [0.1, 0.15) is 11.8 Å². The molecule has 0 aliphatic heterocycles. The molecule has 0 aromatic heterocycles. The molecule has 1 aromatic carbocycles. The van der Waals surface area contributed by atoms with Crippen LogP contribution in [0.4, 0.5) is 0 Å². The Morgan fingerprint density at radius 1 is 1.29 bits per heavy atom. The van der Waals surface area contributed by atoms with Crippen molar-refractivity contribution in [3.05, 3.63) is 29.3 Å². The fourth-order valence-corrected chi connectivity index (χ4v) is 1.53. The van der Waals surface area contributed by atoms with Gasteiger partial charge in [0.2, 0.25) is 0 Å². The molecule has 0 atom stereocenters. The molecular weight excluding hydrogens is 216 g/mol. The van der Waals surface area contributed by atoms with Gasteiger partial charge in [0, 0.05) is 13.7 Å². The number of rotatable bonds is 7. The summed E-state index contributed by atoms with van der Waals surface area (Å²) < 4.78 is 10.0. The number of benzene rings is 1. The Morgan fingerprint density at radius 2 is 2.12 bits per heavy atom. The maximum atomic E-state index is 8.95. The summed E-state index contributed by atoms with van der Waals surface area (Å²) >= 11 is 0. The van der Waals surface area contributed by atoms with Gasteiger partial charge in [-0.05, 0) is 30.7 Å². The van der Waals surface area contributed by atoms with Gasteiger partial charge in [-0.1, -0.05) is 6.07 Å². The number of methoxy groups -OCH3 is 2. The Labute approximate surface area is 102 Å². The Balaban J connectivity index is 2.47. The first-order valence-corrected chi connectivity index (χ1v) is 5.58. The number of nitriles is 1. The third kappa shape index (κ3) is 4.43. The molecule has 0 spiro atoms. The molecule has 0 radical (unpaired) electrons. The predicted molar refractivity (Wildman–Crippen MR) is 66.2 cm³/mol. The monoisotopic (exact) mass is 234 g/mol. The Bertz CT molecular complexity index is 385. The molecule has 92 valence electrons. The maximum absolute atomic E-state index is 8.95. The average Bonchev–Trinajstić information content (AvgIpc) is 2.38. The van der Waals surface area contributed by atoms with E-state index in [9.17, 15) is 0 Å². The zero-order valence-corrected chi connectivity index (χ0v) is 10.3. The highest BCUT2D eigenvalue weighted by molar-refractivity contribution is 5.45. The van der Waals surface area contributed by atoms with Crippen LogP contribution in [0, 0.1) is 11.3 Å². The van der Waals surface area contributed by atoms with Crippen LogP contribution in [0.15, 0.2) is 18.2 Å². The molecule has 0 saturated heterocycles. The summed E-state index contributed by atoms with van der Waals surface area (Å²) in [4.78, 5) is 0. The highest BCUT2D eigenvalue weighted by Gasteiger charge is 2.03. The number of nitrogens with zero attached hydrogens (tertiary/aromatic N) is 1. The van der Waals surface area contributed by atoms with E-state index in [1.807, 2.05) is 18.2 Å². The van der Waals surface area contributed by atoms with Crippen molar-refractivity contribution in [1.82, 2.24) is 5.32 Å². The van der Waals surface area contributed by atoms with Gasteiger partial charge in [0.05, 0.1) is 19.3 Å². The van der Waals surface area contributed by atoms with Gasteiger partial charge < -0.3 is 14.8 Å². The van der Waals surface area contributed by atoms with E-state index in [0.29, 0.717) is 17.9 Å². The van der Waals surface area contributed by atoms with Crippen LogP contribution >= 0.6 is 0 Å². The molecule has 17 heavy (non-hydrogen) atoms. The molecule has 1 rings (SSSR count). The van der Waals surface area contributed by atoms with Gasteiger partial charge in [0.15, 0.2) is 0 Å². The number of hydrogen-bond donors (Lipinski definition) is 1. The van der Waals surface area contributed by atoms with Gasteiger partial charge in [-0.15, -0.1) is 0 Å². The molecule has 0 heterocycles. The molecule has 0 fully saturated rings. The second kappa shape index (κ2) is 7.66. The van der Waals surface area contributed by atoms with Crippen LogP contribution in [-0.2, 0) is 11.2 Å². The smallest absolute Gasteiger partial charge is 0.136 e. The number of hydrogen-bond acceptors (Lipinski definition) is 4. The maximum Gasteiger partial charge on any atom is 0.136 e. The minimum Gasteiger partial charge on any atom is -0.495 e. The van der Waals surface area contributed by atoms with Gasteiger partial charge in [-0.3, -0.25) is 0 Å². The van der Waals surface area contributed by atoms with Gasteiger partial charge in [-0.2, -0.15) is 5.26 Å². The van der Waals surface area contributed by atoms with E-state index in [0.717, 1.165) is 25.1 Å². The second-order valence-corrected chi connectivity index (χ2v) is 3.64. The number of nitrogens with one attached hydrogen (secondary N) is 1. The van der Waals surface area contributed by atoms with Crippen molar-refractivity contribution in [3.8, 4) is 11.8 Å². The Kier molecular flexibility index (Phi) is 6.08. The highest BCUT2D eigenvalue weighted by atomic mass is 16.5. The summed E-state index contributed by atoms with van der Waals surface area (Å²) in [6.07, 6.45) is 0.891. The predicted octanol–water partition coefficient (Wildman–Crippen LogP) is 1.35. The fraction of sp³-hybridized carbons (Fsp3) is 0.462. The molecule has 1 N–H and O–H groups in total. The van der Waals surface area contributed by atoms with Crippen molar-refractivity contribution in [2.24, 2.45) is 0 Å². The first-order chi connectivity index (χ1) is 8.31. The summed E-state index contributed by atoms with van der Waals surface area (Å²) in [5.74, 6) is 0.628. The molecule has 1 aromatic rings. The van der Waals surface area contributed by atoms with Crippen molar-refractivity contribution >= 4 is 0 Å². The van der Waals surface area contributed by atoms with E-state index in [1.54, 1.807) is 14.2 Å². The van der Waals surface area contributed by atoms with Gasteiger partial charge >= 0.3 is 0 Å². The summed E-state index contributed by atoms with van der Waals surface area (Å²) in [6.45, 7) is 2.43. The van der Waals surface area contributed by atoms with E-state index >= 15 is 0 Å². The summed E-state index contributed by atoms with van der Waals surface area (Å²) in [6, 6.07) is 7.82. The van der Waals surface area contributed by atoms with Crippen LogP contribution in [0.5, 0.6) is 5.75 Å². The van der Waals surface area contributed by atoms with Crippen LogP contribution in [0.2, 0.25) is 0 Å². The molecule has 0 amide bonds.